The Bertz CT molecular complexity index is 914. The van der Waals surface area contributed by atoms with Crippen molar-refractivity contribution in [3.8, 4) is 11.5 Å². The molecule has 0 N–H and O–H groups in total. The number of nitrogens with zero attached hydrogens (tertiary/aromatic N) is 6. The van der Waals surface area contributed by atoms with Crippen LogP contribution >= 0.6 is 0 Å². The molecule has 1 amide bonds. The summed E-state index contributed by atoms with van der Waals surface area (Å²) < 4.78 is 7.46. The topological polar surface area (TPSA) is 89.9 Å². The zero-order valence-corrected chi connectivity index (χ0v) is 16.0. The van der Waals surface area contributed by atoms with Crippen molar-refractivity contribution in [3.63, 3.8) is 0 Å². The van der Waals surface area contributed by atoms with Crippen LogP contribution in [0.25, 0.3) is 11.5 Å². The Morgan fingerprint density at radius 2 is 1.93 bits per heavy atom. The molecule has 0 spiro atoms. The quantitative estimate of drug-likeness (QED) is 0.652. The van der Waals surface area contributed by atoms with E-state index >= 15 is 0 Å². The molecule has 8 heteroatoms. The van der Waals surface area contributed by atoms with Gasteiger partial charge in [0.2, 0.25) is 11.8 Å². The Labute approximate surface area is 163 Å². The van der Waals surface area contributed by atoms with E-state index in [1.807, 2.05) is 30.3 Å². The first-order valence-electron chi connectivity index (χ1n) is 9.72. The predicted molar refractivity (Wildman–Crippen MR) is 102 cm³/mol. The molecule has 2 heterocycles. The van der Waals surface area contributed by atoms with Crippen LogP contribution in [0.1, 0.15) is 48.5 Å². The van der Waals surface area contributed by atoms with Crippen LogP contribution < -0.4 is 0 Å². The zero-order valence-electron chi connectivity index (χ0n) is 16.0. The highest BCUT2D eigenvalue weighted by Crippen LogP contribution is 2.24. The van der Waals surface area contributed by atoms with Crippen LogP contribution in [0.15, 0.2) is 40.9 Å². The molecule has 0 bridgehead atoms. The number of carbonyl (C=O) groups excluding carboxylic acids is 1. The smallest absolute Gasteiger partial charge is 0.276 e. The largest absolute Gasteiger partial charge is 0.419 e. The molecule has 0 saturated heterocycles. The van der Waals surface area contributed by atoms with Crippen LogP contribution in [0, 0.1) is 5.92 Å². The van der Waals surface area contributed by atoms with Gasteiger partial charge in [-0.2, -0.15) is 0 Å². The lowest BCUT2D eigenvalue weighted by atomic mass is 9.89. The van der Waals surface area contributed by atoms with E-state index in [-0.39, 0.29) is 12.5 Å². The number of amides is 1. The van der Waals surface area contributed by atoms with Gasteiger partial charge in [0, 0.05) is 19.2 Å². The first kappa shape index (κ1) is 18.3. The van der Waals surface area contributed by atoms with Gasteiger partial charge in [0.25, 0.3) is 5.91 Å². The molecule has 28 heavy (non-hydrogen) atoms. The van der Waals surface area contributed by atoms with Crippen LogP contribution in [0.4, 0.5) is 0 Å². The van der Waals surface area contributed by atoms with Crippen molar-refractivity contribution in [3.05, 3.63) is 48.1 Å². The minimum absolute atomic E-state index is 0.214. The van der Waals surface area contributed by atoms with Gasteiger partial charge in [-0.3, -0.25) is 9.48 Å². The second kappa shape index (κ2) is 8.33. The van der Waals surface area contributed by atoms with Crippen LogP contribution in [-0.4, -0.2) is 43.0 Å². The maximum Gasteiger partial charge on any atom is 0.276 e. The molecular weight excluding hydrogens is 356 g/mol. The van der Waals surface area contributed by atoms with Crippen molar-refractivity contribution in [2.24, 2.45) is 5.92 Å². The number of benzene rings is 1. The van der Waals surface area contributed by atoms with E-state index in [1.54, 1.807) is 17.9 Å². The standard InChI is InChI=1S/C20H24N6O2/c1-25(14-18-22-23-19(28-18)16-10-6-3-7-11-16)20(27)17-13-26(24-21-17)12-15-8-4-2-5-9-15/h3,6-7,10-11,13,15H,2,4-5,8-9,12,14H2,1H3. The SMILES string of the molecule is CN(Cc1nnc(-c2ccccc2)o1)C(=O)c1cn(CC2CCCCC2)nn1. The van der Waals surface area contributed by atoms with E-state index < -0.39 is 0 Å². The van der Waals surface area contributed by atoms with Gasteiger partial charge in [-0.15, -0.1) is 15.3 Å². The maximum atomic E-state index is 12.7. The average molecular weight is 380 g/mol. The molecule has 4 rings (SSSR count). The van der Waals surface area contributed by atoms with Gasteiger partial charge < -0.3 is 9.32 Å². The fourth-order valence-corrected chi connectivity index (χ4v) is 3.61. The third kappa shape index (κ3) is 4.27. The first-order chi connectivity index (χ1) is 13.7. The van der Waals surface area contributed by atoms with E-state index in [2.05, 4.69) is 20.5 Å². The minimum Gasteiger partial charge on any atom is -0.419 e. The lowest BCUT2D eigenvalue weighted by Crippen LogP contribution is -2.26. The van der Waals surface area contributed by atoms with Gasteiger partial charge in [0.05, 0.1) is 12.7 Å². The first-order valence-corrected chi connectivity index (χ1v) is 9.72. The van der Waals surface area contributed by atoms with Crippen molar-refractivity contribution in [1.82, 2.24) is 30.1 Å². The molecule has 0 radical (unpaired) electrons. The van der Waals surface area contributed by atoms with Crippen molar-refractivity contribution in [2.75, 3.05) is 7.05 Å². The molecule has 3 aromatic rings. The highest BCUT2D eigenvalue weighted by molar-refractivity contribution is 5.91. The van der Waals surface area contributed by atoms with Crippen LogP contribution in [0.2, 0.25) is 0 Å². The highest BCUT2D eigenvalue weighted by atomic mass is 16.4. The lowest BCUT2D eigenvalue weighted by molar-refractivity contribution is 0.0767. The van der Waals surface area contributed by atoms with Crippen LogP contribution in [0.3, 0.4) is 0 Å². The van der Waals surface area contributed by atoms with E-state index in [0.717, 1.165) is 12.1 Å². The molecule has 8 nitrogen and oxygen atoms in total. The summed E-state index contributed by atoms with van der Waals surface area (Å²) in [5, 5.41) is 16.3. The third-order valence-corrected chi connectivity index (χ3v) is 5.13. The summed E-state index contributed by atoms with van der Waals surface area (Å²) in [6.07, 6.45) is 8.07. The number of carbonyl (C=O) groups is 1. The van der Waals surface area contributed by atoms with Crippen molar-refractivity contribution >= 4 is 5.91 Å². The molecule has 1 aliphatic rings. The van der Waals surface area contributed by atoms with Crippen LogP contribution in [-0.2, 0) is 13.1 Å². The van der Waals surface area contributed by atoms with Gasteiger partial charge in [-0.05, 0) is 30.9 Å². The Hall–Kier alpha value is -3.03. The second-order valence-corrected chi connectivity index (χ2v) is 7.36. The summed E-state index contributed by atoms with van der Waals surface area (Å²) in [5.41, 5.74) is 1.18. The van der Waals surface area contributed by atoms with E-state index in [1.165, 1.54) is 37.0 Å². The molecule has 0 unspecified atom stereocenters. The number of hydrogen-bond donors (Lipinski definition) is 0. The molecule has 1 saturated carbocycles. The van der Waals surface area contributed by atoms with E-state index in [9.17, 15) is 4.79 Å². The fraction of sp³-hybridized carbons (Fsp3) is 0.450. The summed E-state index contributed by atoms with van der Waals surface area (Å²) in [4.78, 5) is 14.2. The summed E-state index contributed by atoms with van der Waals surface area (Å²) in [6.45, 7) is 1.04. The van der Waals surface area contributed by atoms with Crippen molar-refractivity contribution in [1.29, 1.82) is 0 Å². The third-order valence-electron chi connectivity index (χ3n) is 5.13. The molecular formula is C20H24N6O2. The summed E-state index contributed by atoms with van der Waals surface area (Å²) in [6, 6.07) is 9.54. The zero-order chi connectivity index (χ0) is 19.3. The average Bonchev–Trinajstić information content (AvgIpc) is 3.39. The van der Waals surface area contributed by atoms with Gasteiger partial charge in [-0.1, -0.05) is 42.7 Å². The molecule has 146 valence electrons. The summed E-state index contributed by atoms with van der Waals surface area (Å²) in [5.74, 6) is 1.24. The van der Waals surface area contributed by atoms with Gasteiger partial charge in [-0.25, -0.2) is 0 Å². The number of rotatable bonds is 6. The monoisotopic (exact) mass is 380 g/mol. The Balaban J connectivity index is 1.36. The molecule has 1 aliphatic carbocycles. The summed E-state index contributed by atoms with van der Waals surface area (Å²) in [7, 11) is 1.69. The van der Waals surface area contributed by atoms with Crippen LogP contribution in [0.5, 0.6) is 0 Å². The number of aromatic nitrogens is 5. The minimum atomic E-state index is -0.214. The lowest BCUT2D eigenvalue weighted by Gasteiger charge is -2.20. The maximum absolute atomic E-state index is 12.7. The molecule has 1 fully saturated rings. The van der Waals surface area contributed by atoms with E-state index in [0.29, 0.717) is 23.4 Å². The Morgan fingerprint density at radius 3 is 2.71 bits per heavy atom. The predicted octanol–water partition coefficient (Wildman–Crippen LogP) is 3.18. The fourth-order valence-electron chi connectivity index (χ4n) is 3.61. The normalized spacial score (nSPS) is 14.9. The van der Waals surface area contributed by atoms with Gasteiger partial charge in [0.1, 0.15) is 0 Å². The molecule has 1 aromatic carbocycles. The highest BCUT2D eigenvalue weighted by Gasteiger charge is 2.20. The second-order valence-electron chi connectivity index (χ2n) is 7.36. The Kier molecular flexibility index (Phi) is 5.45. The Morgan fingerprint density at radius 1 is 1.14 bits per heavy atom. The van der Waals surface area contributed by atoms with Gasteiger partial charge in [0.15, 0.2) is 5.69 Å². The van der Waals surface area contributed by atoms with Crippen molar-refractivity contribution in [2.45, 2.75) is 45.2 Å². The summed E-state index contributed by atoms with van der Waals surface area (Å²) >= 11 is 0. The molecule has 0 aliphatic heterocycles. The van der Waals surface area contributed by atoms with E-state index in [4.69, 9.17) is 4.42 Å². The molecule has 2 aromatic heterocycles. The van der Waals surface area contributed by atoms with Crippen molar-refractivity contribution < 1.29 is 9.21 Å². The number of hydrogen-bond acceptors (Lipinski definition) is 6. The molecule has 0 atom stereocenters. The van der Waals surface area contributed by atoms with Gasteiger partial charge >= 0.3 is 0 Å².